The molecule has 0 aliphatic carbocycles. The van der Waals surface area contributed by atoms with Crippen molar-refractivity contribution in [2.24, 2.45) is 5.84 Å². The first-order chi connectivity index (χ1) is 8.99. The van der Waals surface area contributed by atoms with Crippen LogP contribution < -0.4 is 21.9 Å². The Hall–Kier alpha value is -2.22. The fourth-order valence-corrected chi connectivity index (χ4v) is 1.36. The van der Waals surface area contributed by atoms with E-state index in [9.17, 15) is 18.4 Å². The van der Waals surface area contributed by atoms with E-state index < -0.39 is 23.2 Å². The molecule has 0 atom stereocenters. The van der Waals surface area contributed by atoms with Gasteiger partial charge in [0.15, 0.2) is 11.6 Å². The summed E-state index contributed by atoms with van der Waals surface area (Å²) in [5.74, 6) is 2.06. The molecular weight excluding hydrogens is 258 g/mol. The van der Waals surface area contributed by atoms with E-state index in [0.717, 1.165) is 12.1 Å². The standard InChI is InChI=1S/C11H14F2N4O2/c1-15-9(18)2-3-16-11(19)6-4-7(12)10(17-14)8(13)5-6/h4-5,17H,2-3,14H2,1H3,(H,15,18)(H,16,19). The molecule has 19 heavy (non-hydrogen) atoms. The maximum absolute atomic E-state index is 13.4. The van der Waals surface area contributed by atoms with Crippen LogP contribution in [0.25, 0.3) is 0 Å². The SMILES string of the molecule is CNC(=O)CCNC(=O)c1cc(F)c(NN)c(F)c1. The minimum absolute atomic E-state index is 0.0681. The lowest BCUT2D eigenvalue weighted by Crippen LogP contribution is -2.29. The van der Waals surface area contributed by atoms with Crippen LogP contribution in [0.3, 0.4) is 0 Å². The second kappa shape index (κ2) is 6.64. The predicted octanol–water partition coefficient (Wildman–Crippen LogP) is 0.116. The van der Waals surface area contributed by atoms with Crippen LogP contribution in [-0.4, -0.2) is 25.4 Å². The second-order valence-electron chi connectivity index (χ2n) is 3.64. The summed E-state index contributed by atoms with van der Waals surface area (Å²) in [5.41, 5.74) is 1.16. The Labute approximate surface area is 108 Å². The minimum Gasteiger partial charge on any atom is -0.359 e. The number of halogens is 2. The summed E-state index contributed by atoms with van der Waals surface area (Å²) in [4.78, 5) is 22.5. The van der Waals surface area contributed by atoms with E-state index in [1.54, 1.807) is 0 Å². The van der Waals surface area contributed by atoms with Crippen LogP contribution in [0.1, 0.15) is 16.8 Å². The fraction of sp³-hybridized carbons (Fsp3) is 0.273. The third kappa shape index (κ3) is 3.88. The van der Waals surface area contributed by atoms with Gasteiger partial charge >= 0.3 is 0 Å². The molecule has 5 N–H and O–H groups in total. The Balaban J connectivity index is 2.70. The van der Waals surface area contributed by atoms with Gasteiger partial charge in [0.1, 0.15) is 5.69 Å². The van der Waals surface area contributed by atoms with Crippen molar-refractivity contribution in [3.63, 3.8) is 0 Å². The molecule has 6 nitrogen and oxygen atoms in total. The van der Waals surface area contributed by atoms with Gasteiger partial charge in [0, 0.05) is 25.6 Å². The van der Waals surface area contributed by atoms with Crippen LogP contribution in [0.5, 0.6) is 0 Å². The quantitative estimate of drug-likeness (QED) is 0.452. The van der Waals surface area contributed by atoms with Crippen molar-refractivity contribution in [1.82, 2.24) is 10.6 Å². The second-order valence-corrected chi connectivity index (χ2v) is 3.64. The predicted molar refractivity (Wildman–Crippen MR) is 65.2 cm³/mol. The molecule has 1 aromatic carbocycles. The number of amides is 2. The zero-order valence-corrected chi connectivity index (χ0v) is 10.2. The van der Waals surface area contributed by atoms with Crippen LogP contribution in [0, 0.1) is 11.6 Å². The number of hydrogen-bond donors (Lipinski definition) is 4. The van der Waals surface area contributed by atoms with Crippen molar-refractivity contribution >= 4 is 17.5 Å². The summed E-state index contributed by atoms with van der Waals surface area (Å²) in [7, 11) is 1.47. The maximum Gasteiger partial charge on any atom is 0.251 e. The number of nitrogens with one attached hydrogen (secondary N) is 3. The van der Waals surface area contributed by atoms with Gasteiger partial charge in [-0.1, -0.05) is 0 Å². The summed E-state index contributed by atoms with van der Waals surface area (Å²) in [6, 6.07) is 1.71. The third-order valence-electron chi connectivity index (χ3n) is 2.37. The lowest BCUT2D eigenvalue weighted by molar-refractivity contribution is -0.120. The van der Waals surface area contributed by atoms with Crippen LogP contribution in [0.4, 0.5) is 14.5 Å². The van der Waals surface area contributed by atoms with Gasteiger partial charge in [-0.25, -0.2) is 8.78 Å². The van der Waals surface area contributed by atoms with Crippen LogP contribution in [0.15, 0.2) is 12.1 Å². The van der Waals surface area contributed by atoms with Gasteiger partial charge in [0.2, 0.25) is 5.91 Å². The first-order valence-electron chi connectivity index (χ1n) is 5.44. The van der Waals surface area contributed by atoms with Crippen molar-refractivity contribution in [2.75, 3.05) is 19.0 Å². The molecule has 0 saturated heterocycles. The van der Waals surface area contributed by atoms with Gasteiger partial charge in [-0.2, -0.15) is 0 Å². The highest BCUT2D eigenvalue weighted by Gasteiger charge is 2.14. The number of nitrogens with two attached hydrogens (primary N) is 1. The van der Waals surface area contributed by atoms with Crippen molar-refractivity contribution in [1.29, 1.82) is 0 Å². The lowest BCUT2D eigenvalue weighted by atomic mass is 10.1. The number of hydrogen-bond acceptors (Lipinski definition) is 4. The number of hydrazine groups is 1. The fourth-order valence-electron chi connectivity index (χ4n) is 1.36. The van der Waals surface area contributed by atoms with E-state index in [-0.39, 0.29) is 24.4 Å². The molecule has 0 heterocycles. The van der Waals surface area contributed by atoms with Crippen LogP contribution in [0.2, 0.25) is 0 Å². The molecule has 0 aliphatic heterocycles. The first-order valence-corrected chi connectivity index (χ1v) is 5.44. The molecule has 0 aliphatic rings. The molecule has 2 amide bonds. The van der Waals surface area contributed by atoms with E-state index >= 15 is 0 Å². The molecule has 1 rings (SSSR count). The average molecular weight is 272 g/mol. The maximum atomic E-state index is 13.4. The summed E-state index contributed by atoms with van der Waals surface area (Å²) in [6.07, 6.45) is 0.0790. The number of carbonyl (C=O) groups is 2. The number of benzene rings is 1. The van der Waals surface area contributed by atoms with Gasteiger partial charge in [-0.05, 0) is 12.1 Å². The van der Waals surface area contributed by atoms with Gasteiger partial charge in [0.25, 0.3) is 5.91 Å². The van der Waals surface area contributed by atoms with Crippen LogP contribution >= 0.6 is 0 Å². The van der Waals surface area contributed by atoms with Crippen LogP contribution in [-0.2, 0) is 4.79 Å². The van der Waals surface area contributed by atoms with Gasteiger partial charge in [0.05, 0.1) is 0 Å². The lowest BCUT2D eigenvalue weighted by Gasteiger charge is -2.08. The molecule has 0 aromatic heterocycles. The summed E-state index contributed by atoms with van der Waals surface area (Å²) < 4.78 is 26.7. The highest BCUT2D eigenvalue weighted by Crippen LogP contribution is 2.19. The van der Waals surface area contributed by atoms with E-state index in [1.165, 1.54) is 7.05 Å². The van der Waals surface area contributed by atoms with Crippen molar-refractivity contribution < 1.29 is 18.4 Å². The Morgan fingerprint density at radius 1 is 1.26 bits per heavy atom. The molecule has 8 heteroatoms. The number of nitrogen functional groups attached to an aromatic ring is 1. The summed E-state index contributed by atoms with van der Waals surface area (Å²) in [5, 5.41) is 4.75. The third-order valence-corrected chi connectivity index (χ3v) is 2.37. The monoisotopic (exact) mass is 272 g/mol. The highest BCUT2D eigenvalue weighted by molar-refractivity contribution is 5.94. The zero-order valence-electron chi connectivity index (χ0n) is 10.2. The van der Waals surface area contributed by atoms with Gasteiger partial charge in [-0.3, -0.25) is 15.4 Å². The molecular formula is C11H14F2N4O2. The molecule has 0 radical (unpaired) electrons. The van der Waals surface area contributed by atoms with E-state index in [2.05, 4.69) is 10.6 Å². The normalized spacial score (nSPS) is 9.89. The Kier molecular flexibility index (Phi) is 5.19. The summed E-state index contributed by atoms with van der Waals surface area (Å²) in [6.45, 7) is 0.0681. The Morgan fingerprint density at radius 2 is 1.84 bits per heavy atom. The number of carbonyl (C=O) groups excluding carboxylic acids is 2. The Bertz CT molecular complexity index is 471. The molecule has 0 fully saturated rings. The molecule has 0 bridgehead atoms. The van der Waals surface area contributed by atoms with Crippen molar-refractivity contribution in [3.8, 4) is 0 Å². The first kappa shape index (κ1) is 14.8. The average Bonchev–Trinajstić information content (AvgIpc) is 2.37. The Morgan fingerprint density at radius 3 is 2.32 bits per heavy atom. The van der Waals surface area contributed by atoms with Crippen molar-refractivity contribution in [2.45, 2.75) is 6.42 Å². The molecule has 0 spiro atoms. The molecule has 1 aromatic rings. The van der Waals surface area contributed by atoms with Crippen molar-refractivity contribution in [3.05, 3.63) is 29.3 Å². The number of anilines is 1. The summed E-state index contributed by atoms with van der Waals surface area (Å²) >= 11 is 0. The van der Waals surface area contributed by atoms with E-state index in [1.807, 2.05) is 5.43 Å². The highest BCUT2D eigenvalue weighted by atomic mass is 19.1. The molecule has 0 saturated carbocycles. The van der Waals surface area contributed by atoms with Gasteiger partial charge in [-0.15, -0.1) is 0 Å². The van der Waals surface area contributed by atoms with E-state index in [0.29, 0.717) is 0 Å². The van der Waals surface area contributed by atoms with E-state index in [4.69, 9.17) is 5.84 Å². The van der Waals surface area contributed by atoms with Gasteiger partial charge < -0.3 is 16.1 Å². The minimum atomic E-state index is -0.973. The zero-order chi connectivity index (χ0) is 14.4. The number of rotatable bonds is 5. The topological polar surface area (TPSA) is 96.2 Å². The molecule has 0 unspecified atom stereocenters. The molecule has 104 valence electrons. The largest absolute Gasteiger partial charge is 0.359 e. The smallest absolute Gasteiger partial charge is 0.251 e.